The van der Waals surface area contributed by atoms with E-state index >= 15 is 0 Å². The average molecular weight is 222 g/mol. The number of nitrogens with two attached hydrogens (primary N) is 2. The summed E-state index contributed by atoms with van der Waals surface area (Å²) in [5.74, 6) is -2.77. The molecule has 0 fully saturated rings. The van der Waals surface area contributed by atoms with Gasteiger partial charge in [-0.15, -0.1) is 0 Å². The maximum Gasteiger partial charge on any atom is 0.241 e. The summed E-state index contributed by atoms with van der Waals surface area (Å²) in [6.07, 6.45) is 0. The van der Waals surface area contributed by atoms with Crippen molar-refractivity contribution in [3.8, 4) is 0 Å². The van der Waals surface area contributed by atoms with Gasteiger partial charge in [0.25, 0.3) is 0 Å². The Morgan fingerprint density at radius 3 is 2.21 bits per heavy atom. The first-order valence-electron chi connectivity index (χ1n) is 3.57. The highest BCUT2D eigenvalue weighted by Gasteiger charge is 2.19. The van der Waals surface area contributed by atoms with E-state index in [2.05, 4.69) is 5.14 Å². The van der Waals surface area contributed by atoms with Crippen molar-refractivity contribution < 1.29 is 17.2 Å². The Balaban J connectivity index is 3.47. The van der Waals surface area contributed by atoms with E-state index in [0.29, 0.717) is 0 Å². The molecule has 0 saturated carbocycles. The van der Waals surface area contributed by atoms with Crippen molar-refractivity contribution in [2.45, 2.75) is 11.4 Å². The summed E-state index contributed by atoms with van der Waals surface area (Å²) in [6, 6.07) is 1.97. The number of primary sulfonamides is 1. The summed E-state index contributed by atoms with van der Waals surface area (Å²) in [4.78, 5) is -0.868. The number of benzene rings is 1. The summed E-state index contributed by atoms with van der Waals surface area (Å²) < 4.78 is 47.6. The molecule has 0 radical (unpaired) electrons. The fraction of sp³-hybridized carbons (Fsp3) is 0.143. The molecule has 0 aliphatic heterocycles. The minimum absolute atomic E-state index is 0.102. The first kappa shape index (κ1) is 11.0. The molecule has 0 aromatic heterocycles. The highest BCUT2D eigenvalue weighted by molar-refractivity contribution is 7.89. The van der Waals surface area contributed by atoms with Gasteiger partial charge in [0.05, 0.1) is 0 Å². The van der Waals surface area contributed by atoms with E-state index in [-0.39, 0.29) is 12.1 Å². The van der Waals surface area contributed by atoms with Crippen LogP contribution in [0.2, 0.25) is 0 Å². The summed E-state index contributed by atoms with van der Waals surface area (Å²) in [6.45, 7) is -0.215. The highest BCUT2D eigenvalue weighted by atomic mass is 32.2. The van der Waals surface area contributed by atoms with Crippen LogP contribution < -0.4 is 10.9 Å². The molecule has 4 N–H and O–H groups in total. The fourth-order valence-corrected chi connectivity index (χ4v) is 1.55. The Labute approximate surface area is 79.6 Å². The number of rotatable bonds is 2. The summed E-state index contributed by atoms with van der Waals surface area (Å²) >= 11 is 0. The zero-order valence-corrected chi connectivity index (χ0v) is 7.81. The third-order valence-electron chi connectivity index (χ3n) is 1.65. The molecule has 0 bridgehead atoms. The van der Waals surface area contributed by atoms with Crippen LogP contribution in [-0.4, -0.2) is 8.42 Å². The monoisotopic (exact) mass is 222 g/mol. The smallest absolute Gasteiger partial charge is 0.241 e. The lowest BCUT2D eigenvalue weighted by atomic mass is 10.2. The predicted octanol–water partition coefficient (Wildman–Crippen LogP) is 0.0709. The summed E-state index contributed by atoms with van der Waals surface area (Å²) in [7, 11) is -4.24. The Morgan fingerprint density at radius 2 is 1.79 bits per heavy atom. The second kappa shape index (κ2) is 3.60. The second-order valence-electron chi connectivity index (χ2n) is 2.60. The number of hydrogen-bond acceptors (Lipinski definition) is 3. The molecule has 0 spiro atoms. The molecule has 1 rings (SSSR count). The molecule has 1 aromatic carbocycles. The average Bonchev–Trinajstić information content (AvgIpc) is 2.07. The molecule has 14 heavy (non-hydrogen) atoms. The van der Waals surface area contributed by atoms with Crippen LogP contribution in [0.1, 0.15) is 5.56 Å². The van der Waals surface area contributed by atoms with Crippen LogP contribution in [0.5, 0.6) is 0 Å². The van der Waals surface area contributed by atoms with Crippen molar-refractivity contribution in [2.75, 3.05) is 0 Å². The van der Waals surface area contributed by atoms with Crippen LogP contribution in [0.25, 0.3) is 0 Å². The standard InChI is InChI=1S/C7H8F2N2O2S/c8-6-4(3-10)1-2-5(7(6)9)14(11,12)13/h1-2H,3,10H2,(H2,11,12,13). The van der Waals surface area contributed by atoms with Crippen LogP contribution in [-0.2, 0) is 16.6 Å². The van der Waals surface area contributed by atoms with Crippen molar-refractivity contribution in [2.24, 2.45) is 10.9 Å². The van der Waals surface area contributed by atoms with E-state index in [0.717, 1.165) is 12.1 Å². The van der Waals surface area contributed by atoms with E-state index in [1.807, 2.05) is 0 Å². The fourth-order valence-electron chi connectivity index (χ4n) is 0.949. The zero-order chi connectivity index (χ0) is 10.9. The topological polar surface area (TPSA) is 86.2 Å². The molecule has 7 heteroatoms. The molecule has 0 saturated heterocycles. The predicted molar refractivity (Wildman–Crippen MR) is 45.6 cm³/mol. The molecule has 0 aliphatic rings. The van der Waals surface area contributed by atoms with Crippen molar-refractivity contribution >= 4 is 10.0 Å². The Kier molecular flexibility index (Phi) is 2.84. The molecule has 0 heterocycles. The molecular formula is C7H8F2N2O2S. The lowest BCUT2D eigenvalue weighted by Gasteiger charge is -2.04. The largest absolute Gasteiger partial charge is 0.326 e. The van der Waals surface area contributed by atoms with Crippen LogP contribution >= 0.6 is 0 Å². The molecule has 0 amide bonds. The van der Waals surface area contributed by atoms with Crippen molar-refractivity contribution in [3.63, 3.8) is 0 Å². The van der Waals surface area contributed by atoms with Gasteiger partial charge >= 0.3 is 0 Å². The third-order valence-corrected chi connectivity index (χ3v) is 2.58. The van der Waals surface area contributed by atoms with Crippen molar-refractivity contribution in [1.82, 2.24) is 0 Å². The number of halogens is 2. The van der Waals surface area contributed by atoms with E-state index in [1.165, 1.54) is 0 Å². The summed E-state index contributed by atoms with van der Waals surface area (Å²) in [5.41, 5.74) is 4.99. The van der Waals surface area contributed by atoms with E-state index in [1.54, 1.807) is 0 Å². The lowest BCUT2D eigenvalue weighted by Crippen LogP contribution is -2.16. The molecular weight excluding hydrogens is 214 g/mol. The van der Waals surface area contributed by atoms with Crippen LogP contribution in [0.4, 0.5) is 8.78 Å². The van der Waals surface area contributed by atoms with E-state index in [4.69, 9.17) is 5.73 Å². The van der Waals surface area contributed by atoms with Crippen molar-refractivity contribution in [3.05, 3.63) is 29.3 Å². The van der Waals surface area contributed by atoms with Gasteiger partial charge in [-0.3, -0.25) is 0 Å². The lowest BCUT2D eigenvalue weighted by molar-refractivity contribution is 0.477. The van der Waals surface area contributed by atoms with E-state index in [9.17, 15) is 17.2 Å². The Hall–Kier alpha value is -1.05. The van der Waals surface area contributed by atoms with Crippen LogP contribution in [0.3, 0.4) is 0 Å². The molecule has 0 aliphatic carbocycles. The number of sulfonamides is 1. The van der Waals surface area contributed by atoms with Gasteiger partial charge in [0.1, 0.15) is 4.90 Å². The molecule has 4 nitrogen and oxygen atoms in total. The van der Waals surface area contributed by atoms with Gasteiger partial charge in [-0.05, 0) is 6.07 Å². The van der Waals surface area contributed by atoms with Gasteiger partial charge in [0.2, 0.25) is 10.0 Å². The van der Waals surface area contributed by atoms with E-state index < -0.39 is 26.6 Å². The summed E-state index contributed by atoms with van der Waals surface area (Å²) in [5, 5.41) is 4.65. The van der Waals surface area contributed by atoms with Gasteiger partial charge in [-0.2, -0.15) is 0 Å². The number of hydrogen-bond donors (Lipinski definition) is 2. The van der Waals surface area contributed by atoms with Gasteiger partial charge in [0.15, 0.2) is 11.6 Å². The minimum atomic E-state index is -4.24. The zero-order valence-electron chi connectivity index (χ0n) is 7.00. The third kappa shape index (κ3) is 1.89. The van der Waals surface area contributed by atoms with Crippen LogP contribution in [0, 0.1) is 11.6 Å². The van der Waals surface area contributed by atoms with Crippen molar-refractivity contribution in [1.29, 1.82) is 0 Å². The van der Waals surface area contributed by atoms with Gasteiger partial charge in [-0.25, -0.2) is 22.3 Å². The Morgan fingerprint density at radius 1 is 1.21 bits per heavy atom. The normalized spacial score (nSPS) is 11.7. The Bertz CT molecular complexity index is 459. The quantitative estimate of drug-likeness (QED) is 0.742. The second-order valence-corrected chi connectivity index (χ2v) is 4.13. The molecule has 1 aromatic rings. The van der Waals surface area contributed by atoms with Gasteiger partial charge < -0.3 is 5.73 Å². The van der Waals surface area contributed by atoms with Gasteiger partial charge in [-0.1, -0.05) is 6.07 Å². The molecule has 0 unspecified atom stereocenters. The SMILES string of the molecule is NCc1ccc(S(N)(=O)=O)c(F)c1F. The maximum atomic E-state index is 13.1. The van der Waals surface area contributed by atoms with Gasteiger partial charge in [0, 0.05) is 12.1 Å². The highest BCUT2D eigenvalue weighted by Crippen LogP contribution is 2.18. The first-order chi connectivity index (χ1) is 6.38. The molecule has 0 atom stereocenters. The van der Waals surface area contributed by atoms with Crippen LogP contribution in [0.15, 0.2) is 17.0 Å². The molecule has 78 valence electrons. The first-order valence-corrected chi connectivity index (χ1v) is 5.12. The maximum absolute atomic E-state index is 13.1. The minimum Gasteiger partial charge on any atom is -0.326 e.